The molecule has 1 unspecified atom stereocenters. The highest BCUT2D eigenvalue weighted by Gasteiger charge is 2.52. The Morgan fingerprint density at radius 3 is 2.06 bits per heavy atom. The van der Waals surface area contributed by atoms with E-state index in [0.29, 0.717) is 6.61 Å². The van der Waals surface area contributed by atoms with Crippen LogP contribution in [0.15, 0.2) is 0 Å². The van der Waals surface area contributed by atoms with E-state index >= 15 is 0 Å². The van der Waals surface area contributed by atoms with Gasteiger partial charge in [-0.15, -0.1) is 0 Å². The fourth-order valence-electron chi connectivity index (χ4n) is 4.42. The van der Waals surface area contributed by atoms with Gasteiger partial charge < -0.3 is 9.05 Å². The Balaban J connectivity index is 1.68. The molecule has 0 aromatic heterocycles. The summed E-state index contributed by atoms with van der Waals surface area (Å²) >= 11 is 6.14. The molecule has 0 saturated heterocycles. The lowest BCUT2D eigenvalue weighted by Gasteiger charge is -2.56. The summed E-state index contributed by atoms with van der Waals surface area (Å²) < 4.78 is 11.5. The quantitative estimate of drug-likeness (QED) is 0.696. The average molecular weight is 263 g/mol. The first-order valence-electron chi connectivity index (χ1n) is 6.47. The van der Waals surface area contributed by atoms with Crippen LogP contribution in [0.4, 0.5) is 0 Å². The summed E-state index contributed by atoms with van der Waals surface area (Å²) in [5.41, 5.74) is 0.0946. The normalized spacial score (nSPS) is 47.2. The standard InChI is InChI=1S/C12H20ClO2P/c1-2-14-16(13)15-12-6-9-3-10(7-12)5-11(4-9)8-12/h9-11H,2-8H2,1H3. The number of halogens is 1. The Morgan fingerprint density at radius 1 is 1.12 bits per heavy atom. The highest BCUT2D eigenvalue weighted by atomic mass is 35.7. The third-order valence-electron chi connectivity index (χ3n) is 4.48. The molecule has 0 amide bonds. The molecule has 4 heteroatoms. The van der Waals surface area contributed by atoms with Crippen molar-refractivity contribution in [2.24, 2.45) is 17.8 Å². The van der Waals surface area contributed by atoms with Crippen LogP contribution in [0.2, 0.25) is 0 Å². The zero-order valence-corrected chi connectivity index (χ0v) is 11.5. The minimum Gasteiger partial charge on any atom is -0.322 e. The average Bonchev–Trinajstić information content (AvgIpc) is 2.13. The van der Waals surface area contributed by atoms with Crippen molar-refractivity contribution in [2.75, 3.05) is 6.61 Å². The molecule has 0 heterocycles. The first-order valence-corrected chi connectivity index (χ1v) is 8.55. The predicted octanol–water partition coefficient (Wildman–Crippen LogP) is 4.47. The van der Waals surface area contributed by atoms with Gasteiger partial charge in [0.25, 0.3) is 7.73 Å². The molecule has 16 heavy (non-hydrogen) atoms. The van der Waals surface area contributed by atoms with Crippen LogP contribution in [0.1, 0.15) is 45.4 Å². The van der Waals surface area contributed by atoms with Crippen LogP contribution >= 0.6 is 19.0 Å². The maximum atomic E-state index is 6.14. The first-order chi connectivity index (χ1) is 7.69. The molecule has 4 aliphatic carbocycles. The van der Waals surface area contributed by atoms with E-state index in [2.05, 4.69) is 0 Å². The molecule has 1 atom stereocenters. The van der Waals surface area contributed by atoms with Gasteiger partial charge in [-0.1, -0.05) is 0 Å². The van der Waals surface area contributed by atoms with E-state index in [1.165, 1.54) is 38.5 Å². The molecule has 4 fully saturated rings. The first kappa shape index (κ1) is 11.7. The second kappa shape index (κ2) is 4.39. The second-order valence-corrected chi connectivity index (χ2v) is 7.52. The predicted molar refractivity (Wildman–Crippen MR) is 66.4 cm³/mol. The largest absolute Gasteiger partial charge is 0.322 e. The zero-order chi connectivity index (χ0) is 11.2. The molecule has 0 spiro atoms. The van der Waals surface area contributed by atoms with Crippen molar-refractivity contribution in [2.45, 2.75) is 51.0 Å². The summed E-state index contributed by atoms with van der Waals surface area (Å²) in [6, 6.07) is 0. The van der Waals surface area contributed by atoms with E-state index in [1.807, 2.05) is 6.92 Å². The Kier molecular flexibility index (Phi) is 3.21. The van der Waals surface area contributed by atoms with Crippen LogP contribution in [-0.4, -0.2) is 12.2 Å². The van der Waals surface area contributed by atoms with Gasteiger partial charge in [0.2, 0.25) is 0 Å². The van der Waals surface area contributed by atoms with Gasteiger partial charge in [0.15, 0.2) is 0 Å². The molecule has 0 aromatic rings. The number of rotatable bonds is 4. The summed E-state index contributed by atoms with van der Waals surface area (Å²) in [5.74, 6) is 2.73. The minimum absolute atomic E-state index is 0.0946. The van der Waals surface area contributed by atoms with Gasteiger partial charge >= 0.3 is 0 Å². The van der Waals surface area contributed by atoms with Crippen molar-refractivity contribution in [3.63, 3.8) is 0 Å². The van der Waals surface area contributed by atoms with Crippen LogP contribution in [0.5, 0.6) is 0 Å². The Morgan fingerprint density at radius 2 is 1.62 bits per heavy atom. The third-order valence-corrected chi connectivity index (χ3v) is 5.97. The molecule has 92 valence electrons. The molecule has 2 nitrogen and oxygen atoms in total. The molecular weight excluding hydrogens is 243 g/mol. The molecular formula is C12H20ClO2P. The molecule has 4 bridgehead atoms. The van der Waals surface area contributed by atoms with E-state index in [1.54, 1.807) is 0 Å². The Bertz CT molecular complexity index is 236. The monoisotopic (exact) mass is 262 g/mol. The Hall–Kier alpha value is 0.640. The van der Waals surface area contributed by atoms with Crippen molar-refractivity contribution in [1.82, 2.24) is 0 Å². The zero-order valence-electron chi connectivity index (χ0n) is 9.82. The highest BCUT2D eigenvalue weighted by molar-refractivity contribution is 7.76. The molecule has 4 saturated carbocycles. The maximum Gasteiger partial charge on any atom is 0.277 e. The fourth-order valence-corrected chi connectivity index (χ4v) is 5.94. The van der Waals surface area contributed by atoms with Gasteiger partial charge in [0.05, 0.1) is 12.2 Å². The molecule has 0 radical (unpaired) electrons. The van der Waals surface area contributed by atoms with Gasteiger partial charge in [-0.05, 0) is 74.4 Å². The third kappa shape index (κ3) is 2.14. The molecule has 4 aliphatic rings. The van der Waals surface area contributed by atoms with E-state index in [9.17, 15) is 0 Å². The van der Waals surface area contributed by atoms with Crippen molar-refractivity contribution < 1.29 is 9.05 Å². The summed E-state index contributed by atoms with van der Waals surface area (Å²) in [4.78, 5) is 0. The summed E-state index contributed by atoms with van der Waals surface area (Å²) in [7, 11) is -1.17. The van der Waals surface area contributed by atoms with Crippen LogP contribution in [0, 0.1) is 17.8 Å². The minimum atomic E-state index is -1.17. The van der Waals surface area contributed by atoms with Crippen LogP contribution in [0.3, 0.4) is 0 Å². The maximum absolute atomic E-state index is 6.14. The van der Waals surface area contributed by atoms with Crippen molar-refractivity contribution >= 4 is 19.0 Å². The van der Waals surface area contributed by atoms with Crippen molar-refractivity contribution in [1.29, 1.82) is 0 Å². The van der Waals surface area contributed by atoms with Gasteiger partial charge in [-0.2, -0.15) is 0 Å². The molecule has 0 aliphatic heterocycles. The summed E-state index contributed by atoms with van der Waals surface area (Å²) in [6.07, 6.45) is 8.03. The van der Waals surface area contributed by atoms with E-state index in [0.717, 1.165) is 17.8 Å². The topological polar surface area (TPSA) is 18.5 Å². The van der Waals surface area contributed by atoms with Crippen molar-refractivity contribution in [3.05, 3.63) is 0 Å². The highest BCUT2D eigenvalue weighted by Crippen LogP contribution is 2.61. The second-order valence-electron chi connectivity index (χ2n) is 5.82. The fraction of sp³-hybridized carbons (Fsp3) is 1.00. The van der Waals surface area contributed by atoms with Gasteiger partial charge in [0, 0.05) is 0 Å². The molecule has 0 N–H and O–H groups in total. The van der Waals surface area contributed by atoms with Crippen LogP contribution in [-0.2, 0) is 9.05 Å². The smallest absolute Gasteiger partial charge is 0.277 e. The van der Waals surface area contributed by atoms with E-state index in [4.69, 9.17) is 20.3 Å². The molecule has 0 aromatic carbocycles. The lowest BCUT2D eigenvalue weighted by Crippen LogP contribution is -2.51. The SMILES string of the molecule is CCOP(Cl)OC12CC3CC(CC(C3)C1)C2. The van der Waals surface area contributed by atoms with E-state index in [-0.39, 0.29) is 5.60 Å². The molecule has 4 rings (SSSR count). The lowest BCUT2D eigenvalue weighted by atomic mass is 9.54. The van der Waals surface area contributed by atoms with E-state index < -0.39 is 7.73 Å². The van der Waals surface area contributed by atoms with Crippen LogP contribution in [0.25, 0.3) is 0 Å². The lowest BCUT2D eigenvalue weighted by molar-refractivity contribution is -0.106. The van der Waals surface area contributed by atoms with Gasteiger partial charge in [-0.25, -0.2) is 0 Å². The number of hydrogen-bond acceptors (Lipinski definition) is 2. The van der Waals surface area contributed by atoms with Gasteiger partial charge in [0.1, 0.15) is 0 Å². The Labute approximate surface area is 104 Å². The van der Waals surface area contributed by atoms with Crippen LogP contribution < -0.4 is 0 Å². The summed E-state index contributed by atoms with van der Waals surface area (Å²) in [5, 5.41) is 0. The van der Waals surface area contributed by atoms with Gasteiger partial charge in [-0.3, -0.25) is 0 Å². The number of hydrogen-bond donors (Lipinski definition) is 0. The summed E-state index contributed by atoms with van der Waals surface area (Å²) in [6.45, 7) is 2.63. The van der Waals surface area contributed by atoms with Crippen molar-refractivity contribution in [3.8, 4) is 0 Å².